The number of benzene rings is 1. The number of nitrogens with one attached hydrogen (secondary N) is 1. The molecule has 0 saturated carbocycles. The Bertz CT molecular complexity index is 579. The summed E-state index contributed by atoms with van der Waals surface area (Å²) in [5.74, 6) is 0. The van der Waals surface area contributed by atoms with Crippen LogP contribution < -0.4 is 5.32 Å². The lowest BCUT2D eigenvalue weighted by atomic mass is 10.1. The van der Waals surface area contributed by atoms with Crippen LogP contribution in [0.2, 0.25) is 0 Å². The third kappa shape index (κ3) is 3.20. The standard InChI is InChI=1S/C16H21NO2S/c1-16(2)11-17-7-13(19-16)9-18-8-12-10-20-15-6-4-3-5-14(12)15/h3-6,10,13,17H,7-9,11H2,1-2H3. The molecular formula is C16H21NO2S. The van der Waals surface area contributed by atoms with Gasteiger partial charge in [0.15, 0.2) is 0 Å². The van der Waals surface area contributed by atoms with Crippen LogP contribution in [0.1, 0.15) is 19.4 Å². The third-order valence-corrected chi connectivity index (χ3v) is 4.54. The first-order valence-corrected chi connectivity index (χ1v) is 7.93. The second kappa shape index (κ2) is 5.82. The predicted octanol–water partition coefficient (Wildman–Crippen LogP) is 3.18. The van der Waals surface area contributed by atoms with Crippen molar-refractivity contribution in [3.8, 4) is 0 Å². The molecule has 1 N–H and O–H groups in total. The van der Waals surface area contributed by atoms with Gasteiger partial charge in [-0.25, -0.2) is 0 Å². The Morgan fingerprint density at radius 3 is 3.10 bits per heavy atom. The van der Waals surface area contributed by atoms with E-state index in [1.54, 1.807) is 11.3 Å². The van der Waals surface area contributed by atoms with E-state index in [0.717, 1.165) is 13.1 Å². The molecule has 20 heavy (non-hydrogen) atoms. The molecule has 3 nitrogen and oxygen atoms in total. The molecule has 1 unspecified atom stereocenters. The predicted molar refractivity (Wildman–Crippen MR) is 83.3 cm³/mol. The average Bonchev–Trinajstić information content (AvgIpc) is 2.81. The van der Waals surface area contributed by atoms with Crippen molar-refractivity contribution in [2.75, 3.05) is 19.7 Å². The molecule has 3 rings (SSSR count). The topological polar surface area (TPSA) is 30.5 Å². The molecule has 4 heteroatoms. The smallest absolute Gasteiger partial charge is 0.0940 e. The summed E-state index contributed by atoms with van der Waals surface area (Å²) in [7, 11) is 0. The molecule has 1 fully saturated rings. The van der Waals surface area contributed by atoms with Crippen LogP contribution in [0, 0.1) is 0 Å². The number of ether oxygens (including phenoxy) is 2. The van der Waals surface area contributed by atoms with Crippen LogP contribution in [0.5, 0.6) is 0 Å². The normalized spacial score (nSPS) is 22.2. The Hall–Kier alpha value is -0.940. The number of hydrogen-bond acceptors (Lipinski definition) is 4. The van der Waals surface area contributed by atoms with Crippen molar-refractivity contribution < 1.29 is 9.47 Å². The minimum absolute atomic E-state index is 0.0959. The summed E-state index contributed by atoms with van der Waals surface area (Å²) in [6, 6.07) is 8.47. The molecule has 1 aliphatic heterocycles. The lowest BCUT2D eigenvalue weighted by Crippen LogP contribution is -2.51. The molecule has 1 saturated heterocycles. The second-order valence-corrected chi connectivity index (χ2v) is 6.81. The maximum Gasteiger partial charge on any atom is 0.0940 e. The number of rotatable bonds is 4. The fourth-order valence-corrected chi connectivity index (χ4v) is 3.55. The van der Waals surface area contributed by atoms with Crippen molar-refractivity contribution in [2.45, 2.75) is 32.2 Å². The molecule has 1 aromatic heterocycles. The van der Waals surface area contributed by atoms with Crippen molar-refractivity contribution in [1.29, 1.82) is 0 Å². The highest BCUT2D eigenvalue weighted by atomic mass is 32.1. The van der Waals surface area contributed by atoms with E-state index < -0.39 is 0 Å². The maximum absolute atomic E-state index is 6.00. The minimum Gasteiger partial charge on any atom is -0.374 e. The van der Waals surface area contributed by atoms with E-state index in [4.69, 9.17) is 9.47 Å². The van der Waals surface area contributed by atoms with E-state index >= 15 is 0 Å². The van der Waals surface area contributed by atoms with Gasteiger partial charge in [0.25, 0.3) is 0 Å². The number of hydrogen-bond donors (Lipinski definition) is 1. The molecule has 0 radical (unpaired) electrons. The first-order valence-electron chi connectivity index (χ1n) is 7.05. The maximum atomic E-state index is 6.00. The molecule has 108 valence electrons. The van der Waals surface area contributed by atoms with Crippen LogP contribution in [0.3, 0.4) is 0 Å². The van der Waals surface area contributed by atoms with Gasteiger partial charge in [-0.3, -0.25) is 0 Å². The van der Waals surface area contributed by atoms with E-state index in [-0.39, 0.29) is 11.7 Å². The molecule has 2 heterocycles. The van der Waals surface area contributed by atoms with E-state index in [9.17, 15) is 0 Å². The van der Waals surface area contributed by atoms with Crippen molar-refractivity contribution in [3.63, 3.8) is 0 Å². The molecule has 2 aromatic rings. The molecule has 1 aromatic carbocycles. The Morgan fingerprint density at radius 1 is 1.40 bits per heavy atom. The van der Waals surface area contributed by atoms with Crippen molar-refractivity contribution in [3.05, 3.63) is 35.2 Å². The van der Waals surface area contributed by atoms with Gasteiger partial charge in [0, 0.05) is 17.8 Å². The zero-order chi connectivity index (χ0) is 14.0. The molecule has 0 amide bonds. The number of fused-ring (bicyclic) bond motifs is 1. The van der Waals surface area contributed by atoms with Crippen LogP contribution in [0.15, 0.2) is 29.6 Å². The highest BCUT2D eigenvalue weighted by molar-refractivity contribution is 7.17. The zero-order valence-electron chi connectivity index (χ0n) is 12.0. The molecule has 0 bridgehead atoms. The van der Waals surface area contributed by atoms with E-state index in [1.165, 1.54) is 15.6 Å². The van der Waals surface area contributed by atoms with Gasteiger partial charge >= 0.3 is 0 Å². The minimum atomic E-state index is -0.0959. The lowest BCUT2D eigenvalue weighted by Gasteiger charge is -2.36. The van der Waals surface area contributed by atoms with Crippen LogP contribution >= 0.6 is 11.3 Å². The van der Waals surface area contributed by atoms with Crippen LogP contribution in [0.25, 0.3) is 10.1 Å². The van der Waals surface area contributed by atoms with Gasteiger partial charge in [-0.05, 0) is 36.2 Å². The van der Waals surface area contributed by atoms with Crippen LogP contribution in [0.4, 0.5) is 0 Å². The van der Waals surface area contributed by atoms with Gasteiger partial charge in [0.05, 0.1) is 24.9 Å². The Balaban J connectivity index is 1.55. The summed E-state index contributed by atoms with van der Waals surface area (Å²) in [4.78, 5) is 0. The van der Waals surface area contributed by atoms with E-state index in [2.05, 4.69) is 48.8 Å². The van der Waals surface area contributed by atoms with E-state index in [1.807, 2.05) is 0 Å². The lowest BCUT2D eigenvalue weighted by molar-refractivity contribution is -0.122. The largest absolute Gasteiger partial charge is 0.374 e. The van der Waals surface area contributed by atoms with Gasteiger partial charge in [-0.1, -0.05) is 18.2 Å². The SMILES string of the molecule is CC1(C)CNCC(COCc2csc3ccccc23)O1. The zero-order valence-corrected chi connectivity index (χ0v) is 12.8. The summed E-state index contributed by atoms with van der Waals surface area (Å²) in [6.07, 6.45) is 0.142. The average molecular weight is 291 g/mol. The van der Waals surface area contributed by atoms with Crippen molar-refractivity contribution in [2.24, 2.45) is 0 Å². The van der Waals surface area contributed by atoms with Crippen LogP contribution in [-0.2, 0) is 16.1 Å². The summed E-state index contributed by atoms with van der Waals surface area (Å²) < 4.78 is 13.2. The first-order chi connectivity index (χ1) is 9.64. The van der Waals surface area contributed by atoms with Crippen LogP contribution in [-0.4, -0.2) is 31.4 Å². The summed E-state index contributed by atoms with van der Waals surface area (Å²) >= 11 is 1.78. The Morgan fingerprint density at radius 2 is 2.25 bits per heavy atom. The summed E-state index contributed by atoms with van der Waals surface area (Å²) in [6.45, 7) is 7.29. The molecule has 1 atom stereocenters. The summed E-state index contributed by atoms with van der Waals surface area (Å²) in [5.41, 5.74) is 1.18. The molecule has 0 spiro atoms. The Labute approximate surface area is 123 Å². The molecule has 0 aliphatic carbocycles. The highest BCUT2D eigenvalue weighted by Gasteiger charge is 2.28. The van der Waals surface area contributed by atoms with Crippen molar-refractivity contribution >= 4 is 21.4 Å². The van der Waals surface area contributed by atoms with Crippen molar-refractivity contribution in [1.82, 2.24) is 5.32 Å². The molecular weight excluding hydrogens is 270 g/mol. The van der Waals surface area contributed by atoms with Gasteiger partial charge in [-0.15, -0.1) is 11.3 Å². The quantitative estimate of drug-likeness (QED) is 0.938. The monoisotopic (exact) mass is 291 g/mol. The van der Waals surface area contributed by atoms with Gasteiger partial charge < -0.3 is 14.8 Å². The molecule has 1 aliphatic rings. The van der Waals surface area contributed by atoms with E-state index in [0.29, 0.717) is 13.2 Å². The number of thiophene rings is 1. The number of morpholine rings is 1. The summed E-state index contributed by atoms with van der Waals surface area (Å²) in [5, 5.41) is 6.89. The van der Waals surface area contributed by atoms with Gasteiger partial charge in [-0.2, -0.15) is 0 Å². The fourth-order valence-electron chi connectivity index (χ4n) is 2.61. The second-order valence-electron chi connectivity index (χ2n) is 5.90. The van der Waals surface area contributed by atoms with Gasteiger partial charge in [0.1, 0.15) is 0 Å². The highest BCUT2D eigenvalue weighted by Crippen LogP contribution is 2.26. The fraction of sp³-hybridized carbons (Fsp3) is 0.500. The Kier molecular flexibility index (Phi) is 4.08. The van der Waals surface area contributed by atoms with Gasteiger partial charge in [0.2, 0.25) is 0 Å². The first kappa shape index (κ1) is 14.0. The third-order valence-electron chi connectivity index (χ3n) is 3.53.